The van der Waals surface area contributed by atoms with E-state index in [1.165, 1.54) is 33.4 Å². The molecule has 1 unspecified atom stereocenters. The van der Waals surface area contributed by atoms with Gasteiger partial charge in [0.1, 0.15) is 11.5 Å². The Labute approximate surface area is 314 Å². The molecule has 3 nitrogen and oxygen atoms in total. The molecule has 3 heteroatoms. The number of allylic oxidation sites excluding steroid dienone is 4. The van der Waals surface area contributed by atoms with E-state index in [-0.39, 0.29) is 5.92 Å². The van der Waals surface area contributed by atoms with E-state index in [4.69, 9.17) is 14.7 Å². The van der Waals surface area contributed by atoms with Crippen molar-refractivity contribution in [3.63, 3.8) is 0 Å². The minimum Gasteiger partial charge on any atom is -0.456 e. The molecule has 254 valence electrons. The maximum absolute atomic E-state index is 6.90. The van der Waals surface area contributed by atoms with E-state index in [2.05, 4.69) is 182 Å². The maximum atomic E-state index is 6.90. The molecule has 1 aliphatic heterocycles. The Morgan fingerprint density at radius 3 is 1.80 bits per heavy atom. The molecule has 7 aromatic carbocycles. The summed E-state index contributed by atoms with van der Waals surface area (Å²) in [7, 11) is 0. The van der Waals surface area contributed by atoms with E-state index < -0.39 is 5.41 Å². The van der Waals surface area contributed by atoms with Crippen molar-refractivity contribution in [2.45, 2.75) is 17.8 Å². The number of ether oxygens (including phenoxy) is 1. The molecule has 0 fully saturated rings. The lowest BCUT2D eigenvalue weighted by atomic mass is 9.65. The summed E-state index contributed by atoms with van der Waals surface area (Å²) in [5.41, 5.74) is 14.6. The van der Waals surface area contributed by atoms with Crippen molar-refractivity contribution in [3.05, 3.63) is 216 Å². The summed E-state index contributed by atoms with van der Waals surface area (Å²) in [6.07, 6.45) is 9.63. The Hall–Kier alpha value is -6.84. The van der Waals surface area contributed by atoms with E-state index in [9.17, 15) is 0 Å². The molecular formula is C51H34N2O. The third-order valence-corrected chi connectivity index (χ3v) is 11.5. The van der Waals surface area contributed by atoms with E-state index in [1.54, 1.807) is 0 Å². The van der Waals surface area contributed by atoms with Gasteiger partial charge in [-0.1, -0.05) is 176 Å². The molecule has 0 radical (unpaired) electrons. The van der Waals surface area contributed by atoms with Crippen LogP contribution in [0.3, 0.4) is 0 Å². The van der Waals surface area contributed by atoms with Crippen LogP contribution in [0, 0.1) is 0 Å². The molecule has 2 heterocycles. The van der Waals surface area contributed by atoms with E-state index >= 15 is 0 Å². The van der Waals surface area contributed by atoms with Crippen molar-refractivity contribution in [1.82, 2.24) is 9.97 Å². The average molecular weight is 691 g/mol. The van der Waals surface area contributed by atoms with Crippen molar-refractivity contribution in [1.29, 1.82) is 0 Å². The number of hydrogen-bond acceptors (Lipinski definition) is 3. The third kappa shape index (κ3) is 4.55. The average Bonchev–Trinajstić information content (AvgIpc) is 3.54. The van der Waals surface area contributed by atoms with Crippen molar-refractivity contribution in [2.75, 3.05) is 0 Å². The molecular weight excluding hydrogens is 657 g/mol. The Morgan fingerprint density at radius 1 is 0.481 bits per heavy atom. The zero-order valence-electron chi connectivity index (χ0n) is 29.5. The van der Waals surface area contributed by atoms with Crippen LogP contribution < -0.4 is 4.74 Å². The first kappa shape index (κ1) is 30.8. The second-order valence-electron chi connectivity index (χ2n) is 14.4. The number of benzene rings is 7. The fraction of sp³-hybridized carbons (Fsp3) is 0.0588. The second kappa shape index (κ2) is 12.1. The summed E-state index contributed by atoms with van der Waals surface area (Å²) < 4.78 is 6.90. The largest absolute Gasteiger partial charge is 0.456 e. The zero-order valence-corrected chi connectivity index (χ0v) is 29.5. The highest BCUT2D eigenvalue weighted by atomic mass is 16.5. The summed E-state index contributed by atoms with van der Waals surface area (Å²) in [6, 6.07) is 58.8. The molecule has 3 aliphatic rings. The van der Waals surface area contributed by atoms with Gasteiger partial charge in [-0.25, -0.2) is 9.97 Å². The predicted octanol–water partition coefficient (Wildman–Crippen LogP) is 12.7. The molecule has 1 aromatic heterocycles. The van der Waals surface area contributed by atoms with E-state index in [0.717, 1.165) is 68.2 Å². The van der Waals surface area contributed by atoms with Gasteiger partial charge in [-0.15, -0.1) is 0 Å². The monoisotopic (exact) mass is 690 g/mol. The van der Waals surface area contributed by atoms with E-state index in [1.807, 2.05) is 6.07 Å². The molecule has 0 amide bonds. The lowest BCUT2D eigenvalue weighted by Gasteiger charge is -2.40. The highest BCUT2D eigenvalue weighted by Gasteiger charge is 2.51. The van der Waals surface area contributed by atoms with Crippen LogP contribution in [-0.4, -0.2) is 9.97 Å². The molecule has 1 spiro atoms. The Bertz CT molecular complexity index is 2780. The first-order chi connectivity index (χ1) is 26.8. The van der Waals surface area contributed by atoms with Gasteiger partial charge >= 0.3 is 0 Å². The van der Waals surface area contributed by atoms with Crippen molar-refractivity contribution >= 4 is 10.9 Å². The van der Waals surface area contributed by atoms with Crippen LogP contribution in [-0.2, 0) is 5.41 Å². The van der Waals surface area contributed by atoms with Crippen molar-refractivity contribution in [2.24, 2.45) is 0 Å². The molecule has 0 saturated heterocycles. The fourth-order valence-electron chi connectivity index (χ4n) is 9.06. The van der Waals surface area contributed by atoms with Gasteiger partial charge in [-0.2, -0.15) is 0 Å². The summed E-state index contributed by atoms with van der Waals surface area (Å²) in [5, 5.41) is 1.12. The van der Waals surface area contributed by atoms with Crippen molar-refractivity contribution in [3.8, 4) is 56.3 Å². The van der Waals surface area contributed by atoms with E-state index in [0.29, 0.717) is 0 Å². The first-order valence-electron chi connectivity index (χ1n) is 18.7. The molecule has 2 aliphatic carbocycles. The standard InChI is InChI=1S/C51H34N2O/c1-2-13-36(14-3-1)48-41-17-6-10-23-46(41)52-50(53-48)37-31-27-34(28-32-37)33-25-29-35(30-26-33)38-18-12-22-45-49(38)54-47-24-11-9-21-44(47)51(45)42-19-7-4-15-39(42)40-16-5-8-20-43(40)51/h1-13,15-32,36H,14H2. The summed E-state index contributed by atoms with van der Waals surface area (Å²) in [4.78, 5) is 10.1. The van der Waals surface area contributed by atoms with Gasteiger partial charge in [-0.05, 0) is 57.5 Å². The lowest BCUT2D eigenvalue weighted by molar-refractivity contribution is 0.438. The quantitative estimate of drug-likeness (QED) is 0.184. The van der Waals surface area contributed by atoms with Crippen LogP contribution >= 0.6 is 0 Å². The molecule has 0 bridgehead atoms. The van der Waals surface area contributed by atoms with Gasteiger partial charge in [0.05, 0.1) is 16.6 Å². The molecule has 0 N–H and O–H groups in total. The van der Waals surface area contributed by atoms with Crippen LogP contribution in [0.2, 0.25) is 0 Å². The van der Waals surface area contributed by atoms with Crippen LogP contribution in [0.5, 0.6) is 11.5 Å². The van der Waals surface area contributed by atoms with Crippen LogP contribution in [0.15, 0.2) is 188 Å². The normalized spacial score (nSPS) is 15.7. The summed E-state index contributed by atoms with van der Waals surface area (Å²) in [5.74, 6) is 2.81. The van der Waals surface area contributed by atoms with Gasteiger partial charge in [-0.3, -0.25) is 0 Å². The number of rotatable bonds is 4. The van der Waals surface area contributed by atoms with Crippen LogP contribution in [0.1, 0.15) is 40.3 Å². The van der Waals surface area contributed by atoms with Gasteiger partial charge in [0.15, 0.2) is 5.82 Å². The van der Waals surface area contributed by atoms with Gasteiger partial charge < -0.3 is 4.74 Å². The van der Waals surface area contributed by atoms with Crippen LogP contribution in [0.4, 0.5) is 0 Å². The number of fused-ring (bicyclic) bond motifs is 10. The Balaban J connectivity index is 0.967. The maximum Gasteiger partial charge on any atom is 0.160 e. The highest BCUT2D eigenvalue weighted by Crippen LogP contribution is 2.63. The van der Waals surface area contributed by atoms with Gasteiger partial charge in [0.2, 0.25) is 0 Å². The first-order valence-corrected chi connectivity index (χ1v) is 18.7. The molecule has 11 rings (SSSR count). The summed E-state index contributed by atoms with van der Waals surface area (Å²) in [6.45, 7) is 0. The minimum atomic E-state index is -0.477. The fourth-order valence-corrected chi connectivity index (χ4v) is 9.06. The molecule has 1 atom stereocenters. The second-order valence-corrected chi connectivity index (χ2v) is 14.4. The Kier molecular flexibility index (Phi) is 6.90. The number of hydrogen-bond donors (Lipinski definition) is 0. The SMILES string of the molecule is C1=CCC(c2nc(-c3ccc(-c4ccc(-c5cccc6c5Oc5ccccc5C65c6ccccc6-c6ccccc65)cc4)cc3)nc3ccccc23)C=C1. The number of para-hydroxylation sites is 3. The number of aromatic nitrogens is 2. The minimum absolute atomic E-state index is 0.241. The predicted molar refractivity (Wildman–Crippen MR) is 219 cm³/mol. The number of nitrogens with zero attached hydrogens (tertiary/aromatic N) is 2. The molecule has 54 heavy (non-hydrogen) atoms. The smallest absolute Gasteiger partial charge is 0.160 e. The van der Waals surface area contributed by atoms with Gasteiger partial charge in [0.25, 0.3) is 0 Å². The third-order valence-electron chi connectivity index (χ3n) is 11.5. The zero-order chi connectivity index (χ0) is 35.6. The topological polar surface area (TPSA) is 35.0 Å². The molecule has 0 saturated carbocycles. The lowest BCUT2D eigenvalue weighted by Crippen LogP contribution is -2.32. The van der Waals surface area contributed by atoms with Crippen molar-refractivity contribution < 1.29 is 4.74 Å². The summed E-state index contributed by atoms with van der Waals surface area (Å²) >= 11 is 0. The highest BCUT2D eigenvalue weighted by molar-refractivity contribution is 5.90. The Morgan fingerprint density at radius 2 is 1.07 bits per heavy atom. The molecule has 8 aromatic rings. The van der Waals surface area contributed by atoms with Gasteiger partial charge in [0, 0.05) is 33.6 Å². The van der Waals surface area contributed by atoms with Crippen LogP contribution in [0.25, 0.3) is 55.7 Å².